The molecule has 0 radical (unpaired) electrons. The second kappa shape index (κ2) is 2.21. The van der Waals surface area contributed by atoms with Gasteiger partial charge in [0.25, 0.3) is 0 Å². The average molecular weight is 169 g/mol. The second-order valence-electron chi connectivity index (χ2n) is 3.96. The van der Waals surface area contributed by atoms with Crippen molar-refractivity contribution in [3.05, 3.63) is 0 Å². The fourth-order valence-electron chi connectivity index (χ4n) is 2.33. The van der Waals surface area contributed by atoms with Crippen LogP contribution in [0.2, 0.25) is 0 Å². The molecule has 2 aliphatic rings. The molecule has 2 rings (SSSR count). The summed E-state index contributed by atoms with van der Waals surface area (Å²) in [7, 11) is 0. The molecule has 2 N–H and O–H groups in total. The van der Waals surface area contributed by atoms with E-state index < -0.39 is 5.97 Å². The molecule has 2 aliphatic carbocycles. The van der Waals surface area contributed by atoms with E-state index in [1.165, 1.54) is 0 Å². The predicted molar refractivity (Wildman–Crippen MR) is 41.2 cm³/mol. The Bertz CT molecular complexity index is 243. The molecule has 0 aliphatic heterocycles. The first kappa shape index (κ1) is 7.58. The van der Waals surface area contributed by atoms with Crippen LogP contribution in [0.1, 0.15) is 25.7 Å². The van der Waals surface area contributed by atoms with Crippen LogP contribution in [-0.4, -0.2) is 22.0 Å². The van der Waals surface area contributed by atoms with Gasteiger partial charge in [-0.05, 0) is 31.1 Å². The van der Waals surface area contributed by atoms with Gasteiger partial charge in [0.05, 0.1) is 11.6 Å². The topological polar surface area (TPSA) is 69.9 Å². The van der Waals surface area contributed by atoms with E-state index in [-0.39, 0.29) is 11.3 Å². The van der Waals surface area contributed by atoms with Crippen LogP contribution in [0.15, 0.2) is 5.16 Å². The Labute approximate surface area is 69.9 Å². The predicted octanol–water partition coefficient (Wildman–Crippen LogP) is 1.09. The Kier molecular flexibility index (Phi) is 1.40. The van der Waals surface area contributed by atoms with Gasteiger partial charge in [-0.15, -0.1) is 0 Å². The number of hydrogen-bond acceptors (Lipinski definition) is 3. The Morgan fingerprint density at radius 3 is 2.50 bits per heavy atom. The Morgan fingerprint density at radius 2 is 2.08 bits per heavy atom. The van der Waals surface area contributed by atoms with E-state index in [0.717, 1.165) is 31.4 Å². The van der Waals surface area contributed by atoms with E-state index in [1.807, 2.05) is 0 Å². The SMILES string of the molecule is O=C(O)C1CC2(CC(=NO)C2)C1. The number of aliphatic carboxylic acids is 1. The van der Waals surface area contributed by atoms with E-state index in [2.05, 4.69) is 5.16 Å². The summed E-state index contributed by atoms with van der Waals surface area (Å²) < 4.78 is 0. The molecule has 0 amide bonds. The molecule has 0 bridgehead atoms. The maximum Gasteiger partial charge on any atom is 0.306 e. The smallest absolute Gasteiger partial charge is 0.306 e. The molecule has 0 unspecified atom stereocenters. The highest BCUT2D eigenvalue weighted by atomic mass is 16.4. The van der Waals surface area contributed by atoms with Crippen molar-refractivity contribution in [2.24, 2.45) is 16.5 Å². The van der Waals surface area contributed by atoms with Gasteiger partial charge in [-0.25, -0.2) is 0 Å². The summed E-state index contributed by atoms with van der Waals surface area (Å²) in [6.45, 7) is 0. The summed E-state index contributed by atoms with van der Waals surface area (Å²) in [6, 6.07) is 0. The Morgan fingerprint density at radius 1 is 1.50 bits per heavy atom. The first-order chi connectivity index (χ1) is 5.65. The Balaban J connectivity index is 1.87. The zero-order chi connectivity index (χ0) is 8.77. The highest BCUT2D eigenvalue weighted by molar-refractivity contribution is 5.92. The fraction of sp³-hybridized carbons (Fsp3) is 0.750. The second-order valence-corrected chi connectivity index (χ2v) is 3.96. The van der Waals surface area contributed by atoms with Gasteiger partial charge >= 0.3 is 5.97 Å². The summed E-state index contributed by atoms with van der Waals surface area (Å²) in [6.07, 6.45) is 3.13. The number of carboxylic acids is 1. The van der Waals surface area contributed by atoms with Crippen molar-refractivity contribution < 1.29 is 15.1 Å². The molecule has 0 saturated heterocycles. The van der Waals surface area contributed by atoms with Gasteiger partial charge in [-0.2, -0.15) is 0 Å². The minimum absolute atomic E-state index is 0.148. The van der Waals surface area contributed by atoms with Gasteiger partial charge in [0.1, 0.15) is 0 Å². The summed E-state index contributed by atoms with van der Waals surface area (Å²) in [5.41, 5.74) is 1.02. The summed E-state index contributed by atoms with van der Waals surface area (Å²) in [4.78, 5) is 10.5. The van der Waals surface area contributed by atoms with Crippen LogP contribution in [-0.2, 0) is 4.79 Å². The molecule has 0 atom stereocenters. The maximum absolute atomic E-state index is 10.5. The third-order valence-corrected chi connectivity index (χ3v) is 3.01. The molecule has 0 aromatic carbocycles. The molecule has 4 heteroatoms. The molecule has 0 aromatic rings. The lowest BCUT2D eigenvalue weighted by Crippen LogP contribution is -2.50. The average Bonchev–Trinajstić information content (AvgIpc) is 1.81. The third kappa shape index (κ3) is 0.906. The highest BCUT2D eigenvalue weighted by Gasteiger charge is 2.53. The number of nitrogens with zero attached hydrogens (tertiary/aromatic N) is 1. The van der Waals surface area contributed by atoms with Gasteiger partial charge < -0.3 is 10.3 Å². The van der Waals surface area contributed by atoms with Crippen molar-refractivity contribution in [3.63, 3.8) is 0 Å². The normalized spacial score (nSPS) is 38.7. The first-order valence-electron chi connectivity index (χ1n) is 4.08. The molecule has 2 saturated carbocycles. The van der Waals surface area contributed by atoms with E-state index in [0.29, 0.717) is 0 Å². The van der Waals surface area contributed by atoms with Gasteiger partial charge in [-0.3, -0.25) is 4.79 Å². The molecule has 0 aromatic heterocycles. The molecule has 66 valence electrons. The summed E-state index contributed by atoms with van der Waals surface area (Å²) in [5.74, 6) is -0.833. The zero-order valence-electron chi connectivity index (χ0n) is 6.66. The Hall–Kier alpha value is -1.06. The van der Waals surface area contributed by atoms with Gasteiger partial charge in [0.2, 0.25) is 0 Å². The van der Waals surface area contributed by atoms with Crippen LogP contribution in [0, 0.1) is 11.3 Å². The molecule has 1 spiro atoms. The van der Waals surface area contributed by atoms with Crippen LogP contribution in [0.5, 0.6) is 0 Å². The molecular formula is C8H11NO3. The van der Waals surface area contributed by atoms with Crippen LogP contribution < -0.4 is 0 Å². The molecule has 4 nitrogen and oxygen atoms in total. The van der Waals surface area contributed by atoms with Gasteiger partial charge in [0.15, 0.2) is 0 Å². The lowest BCUT2D eigenvalue weighted by atomic mass is 9.51. The van der Waals surface area contributed by atoms with Crippen LogP contribution in [0.3, 0.4) is 0 Å². The van der Waals surface area contributed by atoms with E-state index in [4.69, 9.17) is 10.3 Å². The fourth-order valence-corrected chi connectivity index (χ4v) is 2.33. The lowest BCUT2D eigenvalue weighted by molar-refractivity contribution is -0.150. The zero-order valence-corrected chi connectivity index (χ0v) is 6.66. The molecular weight excluding hydrogens is 158 g/mol. The van der Waals surface area contributed by atoms with Crippen molar-refractivity contribution in [1.82, 2.24) is 0 Å². The summed E-state index contributed by atoms with van der Waals surface area (Å²) >= 11 is 0. The molecule has 0 heterocycles. The number of carbonyl (C=O) groups is 1. The molecule has 2 fully saturated rings. The maximum atomic E-state index is 10.5. The number of carboxylic acid groups (broad SMARTS) is 1. The van der Waals surface area contributed by atoms with Gasteiger partial charge in [-0.1, -0.05) is 5.16 Å². The van der Waals surface area contributed by atoms with Crippen LogP contribution >= 0.6 is 0 Å². The van der Waals surface area contributed by atoms with Crippen molar-refractivity contribution in [1.29, 1.82) is 0 Å². The largest absolute Gasteiger partial charge is 0.481 e. The first-order valence-corrected chi connectivity index (χ1v) is 4.08. The van der Waals surface area contributed by atoms with Crippen LogP contribution in [0.4, 0.5) is 0 Å². The van der Waals surface area contributed by atoms with Gasteiger partial charge in [0, 0.05) is 0 Å². The monoisotopic (exact) mass is 169 g/mol. The molecule has 12 heavy (non-hydrogen) atoms. The van der Waals surface area contributed by atoms with Crippen molar-refractivity contribution in [2.45, 2.75) is 25.7 Å². The highest BCUT2D eigenvalue weighted by Crippen LogP contribution is 2.57. The van der Waals surface area contributed by atoms with E-state index in [9.17, 15) is 4.79 Å². The minimum atomic E-state index is -0.685. The number of rotatable bonds is 1. The van der Waals surface area contributed by atoms with E-state index >= 15 is 0 Å². The quantitative estimate of drug-likeness (QED) is 0.456. The lowest BCUT2D eigenvalue weighted by Gasteiger charge is -2.52. The van der Waals surface area contributed by atoms with E-state index in [1.54, 1.807) is 0 Å². The van der Waals surface area contributed by atoms with Crippen molar-refractivity contribution in [2.75, 3.05) is 0 Å². The van der Waals surface area contributed by atoms with Crippen molar-refractivity contribution >= 4 is 11.7 Å². The minimum Gasteiger partial charge on any atom is -0.481 e. The standard InChI is InChI=1S/C8H11NO3/c10-7(11)5-1-8(2-5)3-6(4-8)9-12/h5,12H,1-4H2,(H,10,11). The number of hydrogen-bond donors (Lipinski definition) is 2. The van der Waals surface area contributed by atoms with Crippen LogP contribution in [0.25, 0.3) is 0 Å². The third-order valence-electron chi connectivity index (χ3n) is 3.01. The number of oxime groups is 1. The summed E-state index contributed by atoms with van der Waals surface area (Å²) in [5, 5.41) is 20.1. The van der Waals surface area contributed by atoms with Crippen molar-refractivity contribution in [3.8, 4) is 0 Å².